The number of aromatic hydroxyl groups is 1. The van der Waals surface area contributed by atoms with E-state index in [4.69, 9.17) is 5.11 Å². The molecule has 0 radical (unpaired) electrons. The van der Waals surface area contributed by atoms with Gasteiger partial charge in [0.05, 0.1) is 6.20 Å². The summed E-state index contributed by atoms with van der Waals surface area (Å²) in [5, 5.41) is 8.93. The van der Waals surface area contributed by atoms with Crippen LogP contribution in [0.4, 0.5) is 4.39 Å². The van der Waals surface area contributed by atoms with Crippen molar-refractivity contribution in [1.82, 2.24) is 4.98 Å². The fourth-order valence-electron chi connectivity index (χ4n) is 0.600. The van der Waals surface area contributed by atoms with Crippen LogP contribution in [0, 0.1) is 5.95 Å². The van der Waals surface area contributed by atoms with Crippen LogP contribution in [0.1, 0.15) is 5.56 Å². The number of pyridine rings is 1. The van der Waals surface area contributed by atoms with Gasteiger partial charge < -0.3 is 5.11 Å². The highest BCUT2D eigenvalue weighted by Crippen LogP contribution is 2.15. The lowest BCUT2D eigenvalue weighted by molar-refractivity contribution is 0.465. The Hall–Kier alpha value is -1.38. The topological polar surface area (TPSA) is 33.1 Å². The second-order valence-corrected chi connectivity index (χ2v) is 1.77. The molecule has 0 aliphatic carbocycles. The van der Waals surface area contributed by atoms with E-state index in [0.29, 0.717) is 5.56 Å². The summed E-state index contributed by atoms with van der Waals surface area (Å²) in [5.74, 6) is -0.677. The summed E-state index contributed by atoms with van der Waals surface area (Å²) in [6.45, 7) is 3.38. The number of halogens is 1. The van der Waals surface area contributed by atoms with Crippen molar-refractivity contribution in [3.8, 4) is 5.75 Å². The molecule has 0 spiro atoms. The number of hydrogen-bond acceptors (Lipinski definition) is 2. The van der Waals surface area contributed by atoms with Crippen molar-refractivity contribution in [3.05, 3.63) is 30.4 Å². The minimum atomic E-state index is -0.618. The SMILES string of the molecule is C=Cc1cc(F)ncc1O. The van der Waals surface area contributed by atoms with Crippen LogP contribution in [0.25, 0.3) is 6.08 Å². The molecule has 1 aromatic heterocycles. The van der Waals surface area contributed by atoms with Crippen molar-refractivity contribution >= 4 is 6.08 Å². The predicted octanol–water partition coefficient (Wildman–Crippen LogP) is 1.57. The highest BCUT2D eigenvalue weighted by Gasteiger charge is 1.97. The molecule has 0 atom stereocenters. The largest absolute Gasteiger partial charge is 0.506 e. The molecule has 0 aliphatic heterocycles. The lowest BCUT2D eigenvalue weighted by Crippen LogP contribution is -1.82. The third-order valence-electron chi connectivity index (χ3n) is 1.10. The van der Waals surface area contributed by atoms with E-state index in [0.717, 1.165) is 12.3 Å². The van der Waals surface area contributed by atoms with E-state index >= 15 is 0 Å². The lowest BCUT2D eigenvalue weighted by Gasteiger charge is -1.95. The second-order valence-electron chi connectivity index (χ2n) is 1.77. The van der Waals surface area contributed by atoms with Crippen molar-refractivity contribution in [2.45, 2.75) is 0 Å². The van der Waals surface area contributed by atoms with Crippen molar-refractivity contribution in [3.63, 3.8) is 0 Å². The Morgan fingerprint density at radius 2 is 2.40 bits per heavy atom. The molecule has 0 amide bonds. The molecule has 0 bridgehead atoms. The zero-order valence-electron chi connectivity index (χ0n) is 5.21. The molecule has 1 aromatic rings. The predicted molar refractivity (Wildman–Crippen MR) is 36.0 cm³/mol. The molecule has 0 fully saturated rings. The molecule has 1 N–H and O–H groups in total. The zero-order chi connectivity index (χ0) is 7.56. The van der Waals surface area contributed by atoms with E-state index in [1.165, 1.54) is 6.08 Å². The first-order chi connectivity index (χ1) is 4.74. The minimum Gasteiger partial charge on any atom is -0.506 e. The minimum absolute atomic E-state index is 0.0589. The fourth-order valence-corrected chi connectivity index (χ4v) is 0.600. The van der Waals surface area contributed by atoms with Gasteiger partial charge in [-0.25, -0.2) is 4.98 Å². The molecule has 1 rings (SSSR count). The maximum Gasteiger partial charge on any atom is 0.213 e. The Morgan fingerprint density at radius 1 is 1.70 bits per heavy atom. The molecule has 0 aliphatic rings. The Labute approximate surface area is 57.7 Å². The van der Waals surface area contributed by atoms with Crippen LogP contribution < -0.4 is 0 Å². The summed E-state index contributed by atoms with van der Waals surface area (Å²) in [5.41, 5.74) is 0.354. The highest BCUT2D eigenvalue weighted by atomic mass is 19.1. The Balaban J connectivity index is 3.21. The Bertz CT molecular complexity index is 260. The average Bonchev–Trinajstić information content (AvgIpc) is 1.94. The standard InChI is InChI=1S/C7H6FNO/c1-2-5-3-7(8)9-4-6(5)10/h2-4,10H,1H2. The first-order valence-electron chi connectivity index (χ1n) is 2.71. The number of nitrogens with zero attached hydrogens (tertiary/aromatic N) is 1. The first-order valence-corrected chi connectivity index (χ1v) is 2.71. The normalized spacial score (nSPS) is 9.30. The number of hydrogen-bond donors (Lipinski definition) is 1. The highest BCUT2D eigenvalue weighted by molar-refractivity contribution is 5.53. The summed E-state index contributed by atoms with van der Waals surface area (Å²) in [6, 6.07) is 1.11. The van der Waals surface area contributed by atoms with Crippen LogP contribution in [0.3, 0.4) is 0 Å². The molecular weight excluding hydrogens is 133 g/mol. The third-order valence-corrected chi connectivity index (χ3v) is 1.10. The molecule has 52 valence electrons. The van der Waals surface area contributed by atoms with Gasteiger partial charge in [0.15, 0.2) is 0 Å². The smallest absolute Gasteiger partial charge is 0.213 e. The van der Waals surface area contributed by atoms with E-state index < -0.39 is 5.95 Å². The van der Waals surface area contributed by atoms with E-state index in [1.807, 2.05) is 0 Å². The average molecular weight is 139 g/mol. The molecule has 0 saturated carbocycles. The van der Waals surface area contributed by atoms with Gasteiger partial charge in [-0.15, -0.1) is 0 Å². The zero-order valence-corrected chi connectivity index (χ0v) is 5.21. The molecule has 10 heavy (non-hydrogen) atoms. The van der Waals surface area contributed by atoms with Crippen LogP contribution in [-0.4, -0.2) is 10.1 Å². The van der Waals surface area contributed by atoms with Gasteiger partial charge in [0, 0.05) is 11.6 Å². The van der Waals surface area contributed by atoms with Crippen molar-refractivity contribution in [2.24, 2.45) is 0 Å². The summed E-state index contributed by atoms with van der Waals surface area (Å²) < 4.78 is 12.3. The fraction of sp³-hybridized carbons (Fsp3) is 0. The maximum absolute atomic E-state index is 12.3. The van der Waals surface area contributed by atoms with Crippen molar-refractivity contribution in [2.75, 3.05) is 0 Å². The van der Waals surface area contributed by atoms with E-state index in [1.54, 1.807) is 0 Å². The molecule has 0 aromatic carbocycles. The van der Waals surface area contributed by atoms with Gasteiger partial charge in [0.2, 0.25) is 5.95 Å². The molecule has 2 nitrogen and oxygen atoms in total. The summed E-state index contributed by atoms with van der Waals surface area (Å²) in [7, 11) is 0. The summed E-state index contributed by atoms with van der Waals surface area (Å²) in [4.78, 5) is 3.22. The lowest BCUT2D eigenvalue weighted by atomic mass is 10.2. The first kappa shape index (κ1) is 6.74. The van der Waals surface area contributed by atoms with Crippen LogP contribution in [0.5, 0.6) is 5.75 Å². The number of rotatable bonds is 1. The van der Waals surface area contributed by atoms with E-state index in [2.05, 4.69) is 11.6 Å². The second kappa shape index (κ2) is 2.47. The maximum atomic E-state index is 12.3. The molecule has 0 unspecified atom stereocenters. The van der Waals surface area contributed by atoms with Crippen LogP contribution in [0.15, 0.2) is 18.8 Å². The van der Waals surface area contributed by atoms with Crippen molar-refractivity contribution < 1.29 is 9.50 Å². The summed E-state index contributed by atoms with van der Waals surface area (Å²) >= 11 is 0. The molecule has 3 heteroatoms. The monoisotopic (exact) mass is 139 g/mol. The van der Waals surface area contributed by atoms with Gasteiger partial charge in [-0.05, 0) is 0 Å². The van der Waals surface area contributed by atoms with Gasteiger partial charge in [-0.3, -0.25) is 0 Å². The molecule has 1 heterocycles. The Morgan fingerprint density at radius 3 is 2.90 bits per heavy atom. The van der Waals surface area contributed by atoms with Gasteiger partial charge in [0.1, 0.15) is 5.75 Å². The quantitative estimate of drug-likeness (QED) is 0.599. The molecular formula is C7H6FNO. The Kier molecular flexibility index (Phi) is 1.67. The summed E-state index contributed by atoms with van der Waals surface area (Å²) in [6.07, 6.45) is 2.41. The number of aromatic nitrogens is 1. The van der Waals surface area contributed by atoms with Gasteiger partial charge in [0.25, 0.3) is 0 Å². The third kappa shape index (κ3) is 1.13. The van der Waals surface area contributed by atoms with Gasteiger partial charge in [-0.2, -0.15) is 4.39 Å². The van der Waals surface area contributed by atoms with Crippen LogP contribution >= 0.6 is 0 Å². The van der Waals surface area contributed by atoms with E-state index in [9.17, 15) is 4.39 Å². The van der Waals surface area contributed by atoms with Gasteiger partial charge >= 0.3 is 0 Å². The molecule has 0 saturated heterocycles. The van der Waals surface area contributed by atoms with E-state index in [-0.39, 0.29) is 5.75 Å². The van der Waals surface area contributed by atoms with Crippen LogP contribution in [-0.2, 0) is 0 Å². The van der Waals surface area contributed by atoms with Crippen LogP contribution in [0.2, 0.25) is 0 Å². The van der Waals surface area contributed by atoms with Crippen molar-refractivity contribution in [1.29, 1.82) is 0 Å². The van der Waals surface area contributed by atoms with Gasteiger partial charge in [-0.1, -0.05) is 12.7 Å².